The lowest BCUT2D eigenvalue weighted by Gasteiger charge is -2.08. The third kappa shape index (κ3) is 4.28. The molecule has 1 heterocycles. The Hall–Kier alpha value is -3.14. The Bertz CT molecular complexity index is 999. The second-order valence-corrected chi connectivity index (χ2v) is 6.00. The molecule has 0 saturated carbocycles. The van der Waals surface area contributed by atoms with Gasteiger partial charge in [0, 0.05) is 17.4 Å². The highest BCUT2D eigenvalue weighted by Gasteiger charge is 2.10. The fourth-order valence-electron chi connectivity index (χ4n) is 2.09. The summed E-state index contributed by atoms with van der Waals surface area (Å²) in [4.78, 5) is 20.4. The largest absolute Gasteiger partial charge is 0.340 e. The molecule has 0 radical (unpaired) electrons. The van der Waals surface area contributed by atoms with Crippen LogP contribution < -0.4 is 10.6 Å². The van der Waals surface area contributed by atoms with E-state index in [4.69, 9.17) is 28.5 Å². The van der Waals surface area contributed by atoms with E-state index in [-0.39, 0.29) is 5.69 Å². The first-order valence-corrected chi connectivity index (χ1v) is 8.16. The van der Waals surface area contributed by atoms with Crippen LogP contribution in [0.3, 0.4) is 0 Å². The normalized spacial score (nSPS) is 10.0. The Labute approximate surface area is 159 Å². The summed E-state index contributed by atoms with van der Waals surface area (Å²) in [5.74, 6) is 0.0395. The molecular formula is C18H11Cl2N5O. The van der Waals surface area contributed by atoms with Gasteiger partial charge >= 0.3 is 0 Å². The zero-order chi connectivity index (χ0) is 18.5. The molecule has 6 nitrogen and oxygen atoms in total. The predicted molar refractivity (Wildman–Crippen MR) is 101 cm³/mol. The second-order valence-electron chi connectivity index (χ2n) is 5.19. The molecule has 0 bridgehead atoms. The van der Waals surface area contributed by atoms with Gasteiger partial charge in [0.1, 0.15) is 17.8 Å². The quantitative estimate of drug-likeness (QED) is 0.683. The summed E-state index contributed by atoms with van der Waals surface area (Å²) >= 11 is 11.8. The van der Waals surface area contributed by atoms with Gasteiger partial charge in [-0.2, -0.15) is 5.26 Å². The Morgan fingerprint density at radius 2 is 1.69 bits per heavy atom. The number of carbonyl (C=O) groups excluding carboxylic acids is 1. The maximum Gasteiger partial charge on any atom is 0.274 e. The van der Waals surface area contributed by atoms with Gasteiger partial charge in [-0.05, 0) is 42.5 Å². The van der Waals surface area contributed by atoms with Crippen molar-refractivity contribution in [3.05, 3.63) is 76.2 Å². The number of benzene rings is 2. The van der Waals surface area contributed by atoms with Crippen LogP contribution in [0.2, 0.25) is 10.0 Å². The molecule has 1 amide bonds. The Balaban J connectivity index is 1.74. The van der Waals surface area contributed by atoms with Crippen LogP contribution in [0, 0.1) is 11.3 Å². The minimum absolute atomic E-state index is 0.183. The van der Waals surface area contributed by atoms with Gasteiger partial charge in [-0.25, -0.2) is 9.97 Å². The summed E-state index contributed by atoms with van der Waals surface area (Å²) in [5, 5.41) is 15.3. The van der Waals surface area contributed by atoms with E-state index in [0.717, 1.165) is 5.69 Å². The summed E-state index contributed by atoms with van der Waals surface area (Å²) in [5.41, 5.74) is 1.98. The van der Waals surface area contributed by atoms with Crippen LogP contribution in [-0.4, -0.2) is 15.9 Å². The summed E-state index contributed by atoms with van der Waals surface area (Å²) in [6, 6.07) is 15.2. The van der Waals surface area contributed by atoms with Crippen molar-refractivity contribution in [1.29, 1.82) is 5.26 Å². The van der Waals surface area contributed by atoms with E-state index in [1.165, 1.54) is 12.4 Å². The van der Waals surface area contributed by atoms with E-state index in [0.29, 0.717) is 27.1 Å². The van der Waals surface area contributed by atoms with Crippen molar-refractivity contribution in [2.45, 2.75) is 0 Å². The molecule has 128 valence electrons. The predicted octanol–water partition coefficient (Wildman–Crippen LogP) is 4.65. The van der Waals surface area contributed by atoms with E-state index in [1.807, 2.05) is 6.07 Å². The number of aromatic nitrogens is 2. The average molecular weight is 384 g/mol. The van der Waals surface area contributed by atoms with Gasteiger partial charge in [-0.15, -0.1) is 0 Å². The molecule has 3 rings (SSSR count). The molecule has 0 fully saturated rings. The van der Waals surface area contributed by atoms with Gasteiger partial charge in [0.25, 0.3) is 5.91 Å². The summed E-state index contributed by atoms with van der Waals surface area (Å²) < 4.78 is 0. The van der Waals surface area contributed by atoms with Gasteiger partial charge in [0.15, 0.2) is 0 Å². The number of amides is 1. The Morgan fingerprint density at radius 1 is 0.962 bits per heavy atom. The molecule has 2 N–H and O–H groups in total. The number of nitrogens with zero attached hydrogens (tertiary/aromatic N) is 3. The van der Waals surface area contributed by atoms with Gasteiger partial charge in [0.2, 0.25) is 0 Å². The van der Waals surface area contributed by atoms with Crippen LogP contribution in [0.25, 0.3) is 0 Å². The number of nitriles is 1. The Morgan fingerprint density at radius 3 is 2.38 bits per heavy atom. The van der Waals surface area contributed by atoms with Crippen LogP contribution in [0.5, 0.6) is 0 Å². The van der Waals surface area contributed by atoms with E-state index in [9.17, 15) is 4.79 Å². The van der Waals surface area contributed by atoms with Crippen molar-refractivity contribution in [2.75, 3.05) is 10.6 Å². The molecule has 0 aliphatic carbocycles. The van der Waals surface area contributed by atoms with Crippen LogP contribution in [0.1, 0.15) is 16.1 Å². The van der Waals surface area contributed by atoms with Crippen molar-refractivity contribution in [1.82, 2.24) is 9.97 Å². The van der Waals surface area contributed by atoms with Crippen molar-refractivity contribution >= 4 is 46.3 Å². The average Bonchev–Trinajstić information content (AvgIpc) is 2.65. The summed E-state index contributed by atoms with van der Waals surface area (Å²) in [7, 11) is 0. The maximum atomic E-state index is 12.4. The molecule has 0 aliphatic rings. The lowest BCUT2D eigenvalue weighted by Crippen LogP contribution is -2.14. The van der Waals surface area contributed by atoms with Crippen LogP contribution in [0.15, 0.2) is 54.9 Å². The van der Waals surface area contributed by atoms with Crippen LogP contribution >= 0.6 is 23.2 Å². The zero-order valence-corrected chi connectivity index (χ0v) is 14.7. The number of anilines is 3. The van der Waals surface area contributed by atoms with Crippen molar-refractivity contribution in [3.63, 3.8) is 0 Å². The highest BCUT2D eigenvalue weighted by atomic mass is 35.5. The number of rotatable bonds is 4. The maximum absolute atomic E-state index is 12.4. The fraction of sp³-hybridized carbons (Fsp3) is 0. The van der Waals surface area contributed by atoms with Crippen LogP contribution in [0.4, 0.5) is 17.2 Å². The standard InChI is InChI=1S/C18H11Cl2N5O/c19-14-6-5-13(7-15(14)20)25-18(26)16-8-17(23-10-22-16)24-12-3-1-11(9-21)2-4-12/h1-8,10H,(H,25,26)(H,22,23,24). The zero-order valence-electron chi connectivity index (χ0n) is 13.2. The van der Waals surface area contributed by atoms with E-state index >= 15 is 0 Å². The van der Waals surface area contributed by atoms with Gasteiger partial charge < -0.3 is 10.6 Å². The number of hydrogen-bond donors (Lipinski definition) is 2. The van der Waals surface area contributed by atoms with Gasteiger partial charge in [-0.3, -0.25) is 4.79 Å². The van der Waals surface area contributed by atoms with Gasteiger partial charge in [0.05, 0.1) is 21.7 Å². The molecule has 2 aromatic carbocycles. The highest BCUT2D eigenvalue weighted by Crippen LogP contribution is 2.25. The summed E-state index contributed by atoms with van der Waals surface area (Å²) in [6.07, 6.45) is 1.29. The van der Waals surface area contributed by atoms with Crippen molar-refractivity contribution in [3.8, 4) is 6.07 Å². The first kappa shape index (κ1) is 17.7. The highest BCUT2D eigenvalue weighted by molar-refractivity contribution is 6.42. The minimum Gasteiger partial charge on any atom is -0.340 e. The first-order chi connectivity index (χ1) is 12.5. The molecule has 0 aliphatic heterocycles. The third-order valence-corrected chi connectivity index (χ3v) is 4.10. The smallest absolute Gasteiger partial charge is 0.274 e. The first-order valence-electron chi connectivity index (χ1n) is 7.41. The SMILES string of the molecule is N#Cc1ccc(Nc2cc(C(=O)Nc3ccc(Cl)c(Cl)c3)ncn2)cc1. The molecule has 26 heavy (non-hydrogen) atoms. The minimum atomic E-state index is -0.409. The lowest BCUT2D eigenvalue weighted by atomic mass is 10.2. The number of nitrogens with one attached hydrogen (secondary N) is 2. The van der Waals surface area contributed by atoms with Crippen LogP contribution in [-0.2, 0) is 0 Å². The molecule has 3 aromatic rings. The number of carbonyl (C=O) groups is 1. The lowest BCUT2D eigenvalue weighted by molar-refractivity contribution is 0.102. The molecule has 0 spiro atoms. The number of halogens is 2. The molecule has 1 aromatic heterocycles. The summed E-state index contributed by atoms with van der Waals surface area (Å²) in [6.45, 7) is 0. The molecular weight excluding hydrogens is 373 g/mol. The fourth-order valence-corrected chi connectivity index (χ4v) is 2.39. The van der Waals surface area contributed by atoms with E-state index in [2.05, 4.69) is 20.6 Å². The topological polar surface area (TPSA) is 90.7 Å². The molecule has 0 atom stereocenters. The number of hydrogen-bond acceptors (Lipinski definition) is 5. The van der Waals surface area contributed by atoms with E-state index < -0.39 is 5.91 Å². The molecule has 0 saturated heterocycles. The van der Waals surface area contributed by atoms with Gasteiger partial charge in [-0.1, -0.05) is 23.2 Å². The third-order valence-electron chi connectivity index (χ3n) is 3.36. The molecule has 8 heteroatoms. The monoisotopic (exact) mass is 383 g/mol. The van der Waals surface area contributed by atoms with Crippen molar-refractivity contribution in [2.24, 2.45) is 0 Å². The molecule has 0 unspecified atom stereocenters. The second kappa shape index (κ2) is 7.83. The van der Waals surface area contributed by atoms with E-state index in [1.54, 1.807) is 42.5 Å². The van der Waals surface area contributed by atoms with Crippen molar-refractivity contribution < 1.29 is 4.79 Å². The Kier molecular flexibility index (Phi) is 5.32.